The van der Waals surface area contributed by atoms with Crippen LogP contribution in [0.3, 0.4) is 0 Å². The zero-order chi connectivity index (χ0) is 10.1. The zero-order valence-electron chi connectivity index (χ0n) is 7.90. The third-order valence-electron chi connectivity index (χ3n) is 2.30. The van der Waals surface area contributed by atoms with Crippen molar-refractivity contribution in [2.24, 2.45) is 5.73 Å². The predicted octanol–water partition coefficient (Wildman–Crippen LogP) is 0.443. The first-order valence-corrected chi connectivity index (χ1v) is 4.34. The molecule has 1 amide bonds. The SMILES string of the molecule is CN1C=C(C(N)=O)Cc2cnccc21. The van der Waals surface area contributed by atoms with E-state index in [-0.39, 0.29) is 5.91 Å². The lowest BCUT2D eigenvalue weighted by atomic mass is 10.0. The van der Waals surface area contributed by atoms with E-state index in [2.05, 4.69) is 4.98 Å². The summed E-state index contributed by atoms with van der Waals surface area (Å²) >= 11 is 0. The average Bonchev–Trinajstić information content (AvgIpc) is 2.17. The van der Waals surface area contributed by atoms with Gasteiger partial charge in [-0.05, 0) is 11.6 Å². The van der Waals surface area contributed by atoms with Crippen LogP contribution in [0.1, 0.15) is 5.56 Å². The summed E-state index contributed by atoms with van der Waals surface area (Å²) < 4.78 is 0. The number of aromatic nitrogens is 1. The maximum absolute atomic E-state index is 11.0. The summed E-state index contributed by atoms with van der Waals surface area (Å²) in [5, 5.41) is 0. The standard InChI is InChI=1S/C10H11N3O/c1-13-6-8(10(11)14)4-7-5-12-3-2-9(7)13/h2-3,5-6H,4H2,1H3,(H2,11,14). The Labute approximate surface area is 82.0 Å². The van der Waals surface area contributed by atoms with Gasteiger partial charge in [0.05, 0.1) is 0 Å². The van der Waals surface area contributed by atoms with Crippen molar-refractivity contribution < 1.29 is 4.79 Å². The van der Waals surface area contributed by atoms with Crippen LogP contribution in [0.25, 0.3) is 0 Å². The Morgan fingerprint density at radius 1 is 1.64 bits per heavy atom. The van der Waals surface area contributed by atoms with Crippen LogP contribution < -0.4 is 10.6 Å². The van der Waals surface area contributed by atoms with Crippen molar-refractivity contribution in [1.82, 2.24) is 4.98 Å². The highest BCUT2D eigenvalue weighted by atomic mass is 16.1. The maximum atomic E-state index is 11.0. The number of rotatable bonds is 1. The van der Waals surface area contributed by atoms with Crippen molar-refractivity contribution in [3.8, 4) is 0 Å². The van der Waals surface area contributed by atoms with Crippen molar-refractivity contribution in [2.75, 3.05) is 11.9 Å². The van der Waals surface area contributed by atoms with Gasteiger partial charge in [-0.25, -0.2) is 0 Å². The number of carbonyl (C=O) groups is 1. The molecule has 2 heterocycles. The first-order valence-electron chi connectivity index (χ1n) is 4.34. The van der Waals surface area contributed by atoms with Crippen LogP contribution in [0, 0.1) is 0 Å². The number of nitrogens with two attached hydrogens (primary N) is 1. The third kappa shape index (κ3) is 1.35. The molecular formula is C10H11N3O. The maximum Gasteiger partial charge on any atom is 0.246 e. The molecule has 0 bridgehead atoms. The highest BCUT2D eigenvalue weighted by molar-refractivity contribution is 5.94. The number of nitrogens with zero attached hydrogens (tertiary/aromatic N) is 2. The van der Waals surface area contributed by atoms with Crippen LogP contribution in [-0.4, -0.2) is 17.9 Å². The van der Waals surface area contributed by atoms with Gasteiger partial charge < -0.3 is 10.6 Å². The van der Waals surface area contributed by atoms with Crippen molar-refractivity contribution in [3.05, 3.63) is 35.8 Å². The van der Waals surface area contributed by atoms with Crippen LogP contribution in [0.2, 0.25) is 0 Å². The predicted molar refractivity (Wildman–Crippen MR) is 53.6 cm³/mol. The number of carbonyl (C=O) groups excluding carboxylic acids is 1. The Bertz CT molecular complexity index is 412. The van der Waals surface area contributed by atoms with E-state index in [0.717, 1.165) is 11.3 Å². The molecule has 0 saturated heterocycles. The molecule has 0 fully saturated rings. The third-order valence-corrected chi connectivity index (χ3v) is 2.30. The van der Waals surface area contributed by atoms with Crippen LogP contribution >= 0.6 is 0 Å². The van der Waals surface area contributed by atoms with Crippen LogP contribution in [-0.2, 0) is 11.2 Å². The van der Waals surface area contributed by atoms with Gasteiger partial charge in [-0.2, -0.15) is 0 Å². The largest absolute Gasteiger partial charge is 0.366 e. The minimum atomic E-state index is -0.369. The highest BCUT2D eigenvalue weighted by Gasteiger charge is 2.17. The quantitative estimate of drug-likeness (QED) is 0.697. The number of hydrogen-bond donors (Lipinski definition) is 1. The van der Waals surface area contributed by atoms with Crippen molar-refractivity contribution in [2.45, 2.75) is 6.42 Å². The van der Waals surface area contributed by atoms with Gasteiger partial charge >= 0.3 is 0 Å². The molecule has 0 aromatic carbocycles. The molecule has 4 nitrogen and oxygen atoms in total. The number of fused-ring (bicyclic) bond motifs is 1. The smallest absolute Gasteiger partial charge is 0.246 e. The fourth-order valence-electron chi connectivity index (χ4n) is 1.60. The van der Waals surface area contributed by atoms with Gasteiger partial charge in [0.15, 0.2) is 0 Å². The summed E-state index contributed by atoms with van der Waals surface area (Å²) in [5.74, 6) is -0.369. The topological polar surface area (TPSA) is 59.2 Å². The van der Waals surface area contributed by atoms with Crippen molar-refractivity contribution in [1.29, 1.82) is 0 Å². The summed E-state index contributed by atoms with van der Waals surface area (Å²) in [4.78, 5) is 16.9. The number of primary amides is 1. The fourth-order valence-corrected chi connectivity index (χ4v) is 1.60. The lowest BCUT2D eigenvalue weighted by Gasteiger charge is -2.24. The van der Waals surface area contributed by atoms with E-state index in [0.29, 0.717) is 12.0 Å². The van der Waals surface area contributed by atoms with Gasteiger partial charge in [-0.15, -0.1) is 0 Å². The van der Waals surface area contributed by atoms with Gasteiger partial charge in [0.1, 0.15) is 0 Å². The van der Waals surface area contributed by atoms with E-state index in [4.69, 9.17) is 5.73 Å². The first-order chi connectivity index (χ1) is 6.68. The van der Waals surface area contributed by atoms with Crippen LogP contribution in [0.15, 0.2) is 30.2 Å². The molecule has 2 rings (SSSR count). The summed E-state index contributed by atoms with van der Waals surface area (Å²) in [7, 11) is 1.89. The molecule has 14 heavy (non-hydrogen) atoms. The van der Waals surface area contributed by atoms with E-state index >= 15 is 0 Å². The Balaban J connectivity index is 2.42. The van der Waals surface area contributed by atoms with Gasteiger partial charge in [0.2, 0.25) is 5.91 Å². The Morgan fingerprint density at radius 3 is 3.14 bits per heavy atom. The molecule has 2 N–H and O–H groups in total. The molecule has 1 aromatic rings. The normalized spacial score (nSPS) is 14.6. The summed E-state index contributed by atoms with van der Waals surface area (Å²) in [6.07, 6.45) is 5.84. The Hall–Kier alpha value is -1.84. The summed E-state index contributed by atoms with van der Waals surface area (Å²) in [5.41, 5.74) is 7.96. The van der Waals surface area contributed by atoms with Crippen molar-refractivity contribution >= 4 is 11.6 Å². The molecule has 0 atom stereocenters. The molecule has 1 aliphatic heterocycles. The summed E-state index contributed by atoms with van der Waals surface area (Å²) in [6, 6.07) is 1.92. The van der Waals surface area contributed by atoms with Gasteiger partial charge in [-0.3, -0.25) is 9.78 Å². The molecule has 0 spiro atoms. The van der Waals surface area contributed by atoms with E-state index in [1.165, 1.54) is 0 Å². The molecule has 0 saturated carbocycles. The molecule has 0 radical (unpaired) electrons. The second-order valence-corrected chi connectivity index (χ2v) is 3.31. The fraction of sp³-hybridized carbons (Fsp3) is 0.200. The minimum Gasteiger partial charge on any atom is -0.366 e. The Kier molecular flexibility index (Phi) is 1.96. The molecule has 4 heteroatoms. The van der Waals surface area contributed by atoms with E-state index in [9.17, 15) is 4.79 Å². The molecular weight excluding hydrogens is 178 g/mol. The van der Waals surface area contributed by atoms with E-state index in [1.807, 2.05) is 18.0 Å². The van der Waals surface area contributed by atoms with Gasteiger partial charge in [0, 0.05) is 43.3 Å². The average molecular weight is 189 g/mol. The summed E-state index contributed by atoms with van der Waals surface area (Å²) in [6.45, 7) is 0. The van der Waals surface area contributed by atoms with Gasteiger partial charge in [-0.1, -0.05) is 0 Å². The molecule has 1 aromatic heterocycles. The Morgan fingerprint density at radius 2 is 2.43 bits per heavy atom. The zero-order valence-corrected chi connectivity index (χ0v) is 7.90. The lowest BCUT2D eigenvalue weighted by molar-refractivity contribution is -0.114. The monoisotopic (exact) mass is 189 g/mol. The number of hydrogen-bond acceptors (Lipinski definition) is 3. The van der Waals surface area contributed by atoms with E-state index in [1.54, 1.807) is 18.6 Å². The lowest BCUT2D eigenvalue weighted by Crippen LogP contribution is -2.24. The molecule has 0 aliphatic carbocycles. The highest BCUT2D eigenvalue weighted by Crippen LogP contribution is 2.26. The number of pyridine rings is 1. The van der Waals surface area contributed by atoms with Crippen molar-refractivity contribution in [3.63, 3.8) is 0 Å². The number of anilines is 1. The molecule has 0 unspecified atom stereocenters. The van der Waals surface area contributed by atoms with Crippen LogP contribution in [0.5, 0.6) is 0 Å². The van der Waals surface area contributed by atoms with E-state index < -0.39 is 0 Å². The molecule has 1 aliphatic rings. The molecule has 72 valence electrons. The van der Waals surface area contributed by atoms with Crippen LogP contribution in [0.4, 0.5) is 5.69 Å². The first kappa shape index (κ1) is 8.74. The minimum absolute atomic E-state index is 0.369. The number of amides is 1. The second kappa shape index (κ2) is 3.14. The second-order valence-electron chi connectivity index (χ2n) is 3.31. The van der Waals surface area contributed by atoms with Gasteiger partial charge in [0.25, 0.3) is 0 Å².